The van der Waals surface area contributed by atoms with Crippen LogP contribution in [0.15, 0.2) is 0 Å². The minimum atomic E-state index is -4.96. The highest BCUT2D eigenvalue weighted by atomic mass is 31.2. The third kappa shape index (κ3) is 74.3. The van der Waals surface area contributed by atoms with Gasteiger partial charge in [0.1, 0.15) is 19.3 Å². The van der Waals surface area contributed by atoms with Crippen LogP contribution in [0.2, 0.25) is 0 Å². The van der Waals surface area contributed by atoms with Gasteiger partial charge in [-0.2, -0.15) is 0 Å². The molecule has 0 saturated heterocycles. The molecule has 594 valence electrons. The van der Waals surface area contributed by atoms with Crippen LogP contribution in [0.5, 0.6) is 0 Å². The van der Waals surface area contributed by atoms with E-state index >= 15 is 0 Å². The molecule has 0 bridgehead atoms. The lowest BCUT2D eigenvalue weighted by Crippen LogP contribution is -2.30. The van der Waals surface area contributed by atoms with Crippen molar-refractivity contribution >= 4 is 39.5 Å². The van der Waals surface area contributed by atoms with Gasteiger partial charge in [-0.1, -0.05) is 375 Å². The largest absolute Gasteiger partial charge is 0.472 e. The molecule has 0 amide bonds. The van der Waals surface area contributed by atoms with Crippen molar-refractivity contribution in [1.82, 2.24) is 0 Å². The minimum absolute atomic E-state index is 0.107. The molecule has 100 heavy (non-hydrogen) atoms. The predicted octanol–water partition coefficient (Wildman–Crippen LogP) is 24.3. The molecular weight excluding hydrogens is 1310 g/mol. The molecule has 3 N–H and O–H groups in total. The van der Waals surface area contributed by atoms with Crippen molar-refractivity contribution in [2.75, 3.05) is 39.6 Å². The predicted molar refractivity (Wildman–Crippen MR) is 409 cm³/mol. The number of rotatable bonds is 80. The summed E-state index contributed by atoms with van der Waals surface area (Å²) in [4.78, 5) is 72.9. The first kappa shape index (κ1) is 98.1. The second-order valence-corrected chi connectivity index (χ2v) is 33.0. The Bertz CT molecular complexity index is 1920. The van der Waals surface area contributed by atoms with Crippen LogP contribution in [0.3, 0.4) is 0 Å². The van der Waals surface area contributed by atoms with Gasteiger partial charge in [-0.3, -0.25) is 37.3 Å². The van der Waals surface area contributed by atoms with E-state index in [0.29, 0.717) is 25.7 Å². The lowest BCUT2D eigenvalue weighted by Gasteiger charge is -2.21. The van der Waals surface area contributed by atoms with Gasteiger partial charge >= 0.3 is 39.5 Å². The Morgan fingerprint density at radius 3 is 0.680 bits per heavy atom. The summed E-state index contributed by atoms with van der Waals surface area (Å²) in [5, 5.41) is 10.6. The fraction of sp³-hybridized carbons (Fsp3) is 0.951. The number of phosphoric acid groups is 2. The molecule has 0 aromatic carbocycles. The van der Waals surface area contributed by atoms with Crippen molar-refractivity contribution in [1.29, 1.82) is 0 Å². The van der Waals surface area contributed by atoms with Gasteiger partial charge < -0.3 is 33.8 Å². The van der Waals surface area contributed by atoms with E-state index in [1.165, 1.54) is 231 Å². The highest BCUT2D eigenvalue weighted by molar-refractivity contribution is 7.47. The van der Waals surface area contributed by atoms with Gasteiger partial charge in [0.15, 0.2) is 12.2 Å². The average molecular weight is 1470 g/mol. The monoisotopic (exact) mass is 1470 g/mol. The van der Waals surface area contributed by atoms with Crippen molar-refractivity contribution < 1.29 is 80.2 Å². The summed E-state index contributed by atoms with van der Waals surface area (Å²) in [6.45, 7) is 9.64. The maximum absolute atomic E-state index is 13.1. The number of carbonyl (C=O) groups is 4. The van der Waals surface area contributed by atoms with E-state index < -0.39 is 97.5 Å². The second-order valence-electron chi connectivity index (χ2n) is 30.1. The zero-order valence-electron chi connectivity index (χ0n) is 65.5. The smallest absolute Gasteiger partial charge is 0.462 e. The van der Waals surface area contributed by atoms with Gasteiger partial charge in [0.05, 0.1) is 26.4 Å². The summed E-state index contributed by atoms with van der Waals surface area (Å²) in [7, 11) is -9.91. The molecule has 0 aliphatic rings. The van der Waals surface area contributed by atoms with Crippen molar-refractivity contribution in [3.05, 3.63) is 0 Å². The summed E-state index contributed by atoms with van der Waals surface area (Å²) in [5.41, 5.74) is 0. The normalized spacial score (nSPS) is 13.9. The van der Waals surface area contributed by atoms with Crippen LogP contribution in [-0.2, 0) is 65.4 Å². The number of aliphatic hydroxyl groups is 1. The Morgan fingerprint density at radius 2 is 0.460 bits per heavy atom. The van der Waals surface area contributed by atoms with Gasteiger partial charge in [-0.15, -0.1) is 0 Å². The van der Waals surface area contributed by atoms with Gasteiger partial charge in [-0.05, 0) is 37.5 Å². The number of hydrogen-bond acceptors (Lipinski definition) is 15. The number of phosphoric ester groups is 2. The molecule has 0 radical (unpaired) electrons. The van der Waals surface area contributed by atoms with Crippen LogP contribution in [0, 0.1) is 11.8 Å². The molecule has 0 saturated carbocycles. The van der Waals surface area contributed by atoms with E-state index in [4.69, 9.17) is 37.0 Å². The molecule has 0 aromatic heterocycles. The molecule has 0 rings (SSSR count). The molecule has 19 heteroatoms. The van der Waals surface area contributed by atoms with Crippen LogP contribution < -0.4 is 0 Å². The summed E-state index contributed by atoms with van der Waals surface area (Å²) < 4.78 is 68.6. The summed E-state index contributed by atoms with van der Waals surface area (Å²) in [5.74, 6) is -0.516. The zero-order chi connectivity index (χ0) is 73.5. The standard InChI is InChI=1S/C81H158O17P2/c1-7-9-11-13-15-16-17-18-19-22-26-29-35-40-46-52-58-64-79(84)92-70-77(98-81(86)65-59-53-47-41-36-30-27-24-21-20-23-25-28-33-38-44-49-55-61-73(3)4)72-96-100(89,90)94-68-75(82)67-93-99(87,88)95-71-76(69-91-78(83)63-57-51-43-14-12-10-8-2)97-80(85)66-60-54-48-42-37-32-31-34-39-45-50-56-62-74(5)6/h73-77,82H,7-72H2,1-6H3,(H,87,88)(H,89,90)/t75-,76+,77+/m0/s1. The number of esters is 4. The Kier molecular flexibility index (Phi) is 71.2. The lowest BCUT2D eigenvalue weighted by atomic mass is 10.0. The van der Waals surface area contributed by atoms with E-state index in [2.05, 4.69) is 41.5 Å². The molecule has 0 heterocycles. The van der Waals surface area contributed by atoms with Crippen LogP contribution in [0.1, 0.15) is 427 Å². The fourth-order valence-corrected chi connectivity index (χ4v) is 14.1. The second kappa shape index (κ2) is 72.6. The lowest BCUT2D eigenvalue weighted by molar-refractivity contribution is -0.161. The molecule has 0 aromatic rings. The molecule has 0 fully saturated rings. The third-order valence-corrected chi connectivity index (χ3v) is 20.9. The number of aliphatic hydroxyl groups excluding tert-OH is 1. The van der Waals surface area contributed by atoms with Crippen molar-refractivity contribution in [3.8, 4) is 0 Å². The molecule has 2 unspecified atom stereocenters. The average Bonchev–Trinajstić information content (AvgIpc) is 0.918. The Hall–Kier alpha value is -1.94. The summed E-state index contributed by atoms with van der Waals surface area (Å²) >= 11 is 0. The molecule has 17 nitrogen and oxygen atoms in total. The Balaban J connectivity index is 5.17. The van der Waals surface area contributed by atoms with Crippen LogP contribution in [-0.4, -0.2) is 96.7 Å². The Morgan fingerprint density at radius 1 is 0.270 bits per heavy atom. The van der Waals surface area contributed by atoms with E-state index in [-0.39, 0.29) is 25.7 Å². The molecule has 0 aliphatic heterocycles. The number of carbonyl (C=O) groups excluding carboxylic acids is 4. The number of unbranched alkanes of at least 4 members (excludes halogenated alkanes) is 50. The topological polar surface area (TPSA) is 237 Å². The first-order valence-electron chi connectivity index (χ1n) is 42.0. The highest BCUT2D eigenvalue weighted by Crippen LogP contribution is 2.45. The number of ether oxygens (including phenoxy) is 4. The maximum Gasteiger partial charge on any atom is 0.472 e. The summed E-state index contributed by atoms with van der Waals surface area (Å²) in [6.07, 6.45) is 62.6. The molecule has 0 aliphatic carbocycles. The number of hydrogen-bond donors (Lipinski definition) is 3. The van der Waals surface area contributed by atoms with E-state index in [9.17, 15) is 43.2 Å². The van der Waals surface area contributed by atoms with Crippen LogP contribution in [0.25, 0.3) is 0 Å². The van der Waals surface area contributed by atoms with Crippen molar-refractivity contribution in [2.24, 2.45) is 11.8 Å². The molecular formula is C81H158O17P2. The van der Waals surface area contributed by atoms with Crippen molar-refractivity contribution in [2.45, 2.75) is 445 Å². The van der Waals surface area contributed by atoms with Gasteiger partial charge in [-0.25, -0.2) is 9.13 Å². The third-order valence-electron chi connectivity index (χ3n) is 19.0. The van der Waals surface area contributed by atoms with E-state index in [1.807, 2.05) is 0 Å². The molecule has 5 atom stereocenters. The highest BCUT2D eigenvalue weighted by Gasteiger charge is 2.30. The Labute approximate surface area is 613 Å². The maximum atomic E-state index is 13.1. The zero-order valence-corrected chi connectivity index (χ0v) is 67.3. The molecule has 0 spiro atoms. The van der Waals surface area contributed by atoms with E-state index in [1.54, 1.807) is 0 Å². The van der Waals surface area contributed by atoms with E-state index in [0.717, 1.165) is 115 Å². The fourth-order valence-electron chi connectivity index (χ4n) is 12.5. The quantitative estimate of drug-likeness (QED) is 0.0222. The van der Waals surface area contributed by atoms with Gasteiger partial charge in [0, 0.05) is 25.7 Å². The van der Waals surface area contributed by atoms with Crippen LogP contribution >= 0.6 is 15.6 Å². The first-order chi connectivity index (χ1) is 48.4. The summed E-state index contributed by atoms with van der Waals surface area (Å²) in [6, 6.07) is 0. The van der Waals surface area contributed by atoms with Gasteiger partial charge in [0.25, 0.3) is 0 Å². The first-order valence-corrected chi connectivity index (χ1v) is 45.0. The minimum Gasteiger partial charge on any atom is -0.462 e. The van der Waals surface area contributed by atoms with Crippen molar-refractivity contribution in [3.63, 3.8) is 0 Å². The van der Waals surface area contributed by atoms with Crippen LogP contribution in [0.4, 0.5) is 0 Å². The van der Waals surface area contributed by atoms with Gasteiger partial charge in [0.2, 0.25) is 0 Å². The SMILES string of the molecule is CCCCCCCCCCCCCCCCCCCC(=O)OC[C@H](COP(=O)(O)OC[C@@H](O)COP(=O)(O)OC[C@@H](COC(=O)CCCCCCCCC)OC(=O)CCCCCCCCCCCCCCC(C)C)OC(=O)CCCCCCCCCCCCCCCCCCCCC(C)C.